The van der Waals surface area contributed by atoms with Crippen molar-refractivity contribution in [3.8, 4) is 0 Å². The van der Waals surface area contributed by atoms with E-state index in [2.05, 4.69) is 70.2 Å². The molecule has 1 aliphatic rings. The van der Waals surface area contributed by atoms with Crippen LogP contribution in [0.3, 0.4) is 0 Å². The molecule has 0 N–H and O–H groups in total. The van der Waals surface area contributed by atoms with Crippen LogP contribution in [0.5, 0.6) is 0 Å². The fraction of sp³-hybridized carbons (Fsp3) is 0.684. The Morgan fingerprint density at radius 2 is 2.12 bits per heavy atom. The number of aryl methyl sites for hydroxylation is 1. The highest BCUT2D eigenvalue weighted by atomic mass is 15.3. The summed E-state index contributed by atoms with van der Waals surface area (Å²) in [5, 5.41) is 4.46. The van der Waals surface area contributed by atoms with Gasteiger partial charge in [0.05, 0.1) is 23.8 Å². The summed E-state index contributed by atoms with van der Waals surface area (Å²) in [7, 11) is 6.58. The summed E-state index contributed by atoms with van der Waals surface area (Å²) in [5.74, 6) is 0.620. The first-order valence-electron chi connectivity index (χ1n) is 9.34. The van der Waals surface area contributed by atoms with Crippen LogP contribution in [0.2, 0.25) is 0 Å². The van der Waals surface area contributed by atoms with Gasteiger partial charge in [0.15, 0.2) is 0 Å². The maximum absolute atomic E-state index is 4.46. The van der Waals surface area contributed by atoms with E-state index in [9.17, 15) is 0 Å². The average Bonchev–Trinajstić information content (AvgIpc) is 3.17. The van der Waals surface area contributed by atoms with Crippen molar-refractivity contribution in [3.05, 3.63) is 36.2 Å². The van der Waals surface area contributed by atoms with Gasteiger partial charge in [0, 0.05) is 38.6 Å². The van der Waals surface area contributed by atoms with Gasteiger partial charge in [-0.2, -0.15) is 5.10 Å². The summed E-state index contributed by atoms with van der Waals surface area (Å²) in [4.78, 5) is 9.29. The van der Waals surface area contributed by atoms with E-state index >= 15 is 0 Å². The number of piperidine rings is 1. The van der Waals surface area contributed by atoms with Crippen LogP contribution in [0, 0.1) is 5.92 Å². The van der Waals surface area contributed by atoms with Gasteiger partial charge >= 0.3 is 0 Å². The van der Waals surface area contributed by atoms with Gasteiger partial charge in [-0.1, -0.05) is 0 Å². The topological polar surface area (TPSA) is 42.1 Å². The van der Waals surface area contributed by atoms with E-state index in [1.54, 1.807) is 0 Å². The smallest absolute Gasteiger partial charge is 0.0946 e. The summed E-state index contributed by atoms with van der Waals surface area (Å²) >= 11 is 0. The average molecular weight is 345 g/mol. The molecule has 2 atom stereocenters. The summed E-state index contributed by atoms with van der Waals surface area (Å²) in [6, 6.07) is 2.99. The van der Waals surface area contributed by atoms with Crippen LogP contribution < -0.4 is 0 Å². The van der Waals surface area contributed by atoms with Gasteiger partial charge in [-0.05, 0) is 59.3 Å². The van der Waals surface area contributed by atoms with Crippen LogP contribution in [-0.2, 0) is 13.6 Å². The van der Waals surface area contributed by atoms with Gasteiger partial charge in [0.1, 0.15) is 0 Å². The van der Waals surface area contributed by atoms with Gasteiger partial charge < -0.3 is 9.47 Å². The Kier molecular flexibility index (Phi) is 5.59. The minimum atomic E-state index is 0.404. The highest BCUT2D eigenvalue weighted by Gasteiger charge is 2.33. The highest BCUT2D eigenvalue weighted by Crippen LogP contribution is 2.35. The van der Waals surface area contributed by atoms with Crippen LogP contribution in [0.25, 0.3) is 0 Å². The molecular formula is C19H32N6. The molecule has 2 aromatic rings. The number of rotatable bonds is 6. The van der Waals surface area contributed by atoms with Crippen LogP contribution in [0.4, 0.5) is 0 Å². The minimum absolute atomic E-state index is 0.404. The molecule has 3 rings (SSSR count). The first-order valence-corrected chi connectivity index (χ1v) is 9.34. The Hall–Kier alpha value is -1.66. The van der Waals surface area contributed by atoms with Crippen molar-refractivity contribution in [1.29, 1.82) is 0 Å². The highest BCUT2D eigenvalue weighted by molar-refractivity contribution is 5.09. The zero-order valence-corrected chi connectivity index (χ0v) is 16.3. The Bertz CT molecular complexity index is 673. The number of hydrogen-bond donors (Lipinski definition) is 0. The maximum Gasteiger partial charge on any atom is 0.0946 e. The molecule has 6 nitrogen and oxygen atoms in total. The first kappa shape index (κ1) is 18.1. The standard InChI is InChI=1S/C19H32N6/c1-15(2)25-17(8-9-21-25)13-22(3)12-16-7-6-10-23(4)19(16)18-11-20-14-24(18)5/h8-9,11,14-16,19H,6-7,10,12-13H2,1-5H3/t16-,19+/m0/s1. The Morgan fingerprint density at radius 1 is 1.32 bits per heavy atom. The summed E-state index contributed by atoms with van der Waals surface area (Å²) in [6.45, 7) is 7.56. The Labute approximate surface area is 151 Å². The maximum atomic E-state index is 4.46. The van der Waals surface area contributed by atoms with Gasteiger partial charge in [0.25, 0.3) is 0 Å². The number of nitrogens with zero attached hydrogens (tertiary/aromatic N) is 6. The Morgan fingerprint density at radius 3 is 2.80 bits per heavy atom. The zero-order valence-electron chi connectivity index (χ0n) is 16.3. The van der Waals surface area contributed by atoms with Gasteiger partial charge in [0.2, 0.25) is 0 Å². The van der Waals surface area contributed by atoms with E-state index in [1.165, 1.54) is 24.2 Å². The molecule has 3 heterocycles. The molecule has 0 bridgehead atoms. The second-order valence-electron chi connectivity index (χ2n) is 7.81. The number of imidazole rings is 1. The molecule has 0 aromatic carbocycles. The van der Waals surface area contributed by atoms with E-state index < -0.39 is 0 Å². The van der Waals surface area contributed by atoms with E-state index in [0.29, 0.717) is 18.0 Å². The summed E-state index contributed by atoms with van der Waals surface area (Å²) in [5.41, 5.74) is 2.62. The molecule has 25 heavy (non-hydrogen) atoms. The quantitative estimate of drug-likeness (QED) is 0.808. The summed E-state index contributed by atoms with van der Waals surface area (Å²) in [6.07, 6.45) is 8.41. The fourth-order valence-corrected chi connectivity index (χ4v) is 4.24. The SMILES string of the molecule is CC(C)n1nccc1CN(C)C[C@@H]1CCCN(C)[C@H]1c1cncn1C. The lowest BCUT2D eigenvalue weighted by Gasteiger charge is -2.40. The van der Waals surface area contributed by atoms with Crippen molar-refractivity contribution in [3.63, 3.8) is 0 Å². The van der Waals surface area contributed by atoms with Gasteiger partial charge in [-0.3, -0.25) is 9.58 Å². The molecule has 0 amide bonds. The lowest BCUT2D eigenvalue weighted by atomic mass is 9.87. The summed E-state index contributed by atoms with van der Waals surface area (Å²) < 4.78 is 4.30. The van der Waals surface area contributed by atoms with Crippen molar-refractivity contribution < 1.29 is 0 Å². The van der Waals surface area contributed by atoms with Crippen LogP contribution in [0.1, 0.15) is 50.2 Å². The minimum Gasteiger partial charge on any atom is -0.336 e. The lowest BCUT2D eigenvalue weighted by molar-refractivity contribution is 0.0872. The van der Waals surface area contributed by atoms with Crippen molar-refractivity contribution in [1.82, 2.24) is 29.1 Å². The molecule has 0 saturated carbocycles. The number of aromatic nitrogens is 4. The number of hydrogen-bond acceptors (Lipinski definition) is 4. The van der Waals surface area contributed by atoms with E-state index in [4.69, 9.17) is 0 Å². The Balaban J connectivity index is 1.71. The monoisotopic (exact) mass is 344 g/mol. The first-order chi connectivity index (χ1) is 12.0. The lowest BCUT2D eigenvalue weighted by Crippen LogP contribution is -2.41. The molecule has 1 fully saturated rings. The molecule has 138 valence electrons. The van der Waals surface area contributed by atoms with E-state index in [-0.39, 0.29) is 0 Å². The molecule has 2 aromatic heterocycles. The van der Waals surface area contributed by atoms with Crippen LogP contribution >= 0.6 is 0 Å². The molecule has 1 aliphatic heterocycles. The van der Waals surface area contributed by atoms with Crippen molar-refractivity contribution in [2.75, 3.05) is 27.2 Å². The third-order valence-electron chi connectivity index (χ3n) is 5.38. The van der Waals surface area contributed by atoms with Crippen molar-refractivity contribution in [2.24, 2.45) is 13.0 Å². The molecular weight excluding hydrogens is 312 g/mol. The fourth-order valence-electron chi connectivity index (χ4n) is 4.24. The molecule has 1 saturated heterocycles. The van der Waals surface area contributed by atoms with Gasteiger partial charge in [-0.15, -0.1) is 0 Å². The number of likely N-dealkylation sites (tertiary alicyclic amines) is 1. The predicted molar refractivity (Wildman–Crippen MR) is 100 cm³/mol. The predicted octanol–water partition coefficient (Wildman–Crippen LogP) is 2.71. The van der Waals surface area contributed by atoms with Crippen molar-refractivity contribution in [2.45, 2.75) is 45.3 Å². The van der Waals surface area contributed by atoms with E-state index in [1.807, 2.05) is 18.7 Å². The second-order valence-corrected chi connectivity index (χ2v) is 7.81. The largest absolute Gasteiger partial charge is 0.336 e. The molecule has 6 heteroatoms. The van der Waals surface area contributed by atoms with E-state index in [0.717, 1.165) is 19.6 Å². The third-order valence-corrected chi connectivity index (χ3v) is 5.38. The zero-order chi connectivity index (χ0) is 18.0. The molecule has 0 unspecified atom stereocenters. The van der Waals surface area contributed by atoms with Crippen LogP contribution in [-0.4, -0.2) is 56.3 Å². The third kappa shape index (κ3) is 3.96. The molecule has 0 aliphatic carbocycles. The van der Waals surface area contributed by atoms with Gasteiger partial charge in [-0.25, -0.2) is 4.98 Å². The second kappa shape index (κ2) is 7.70. The van der Waals surface area contributed by atoms with Crippen molar-refractivity contribution >= 4 is 0 Å². The van der Waals surface area contributed by atoms with Crippen LogP contribution in [0.15, 0.2) is 24.8 Å². The molecule has 0 radical (unpaired) electrons. The normalized spacial score (nSPS) is 22.2. The molecule has 0 spiro atoms.